The average molecular weight is 399 g/mol. The lowest BCUT2D eigenvalue weighted by molar-refractivity contribution is 0.339. The van der Waals surface area contributed by atoms with Crippen LogP contribution in [0.1, 0.15) is 89.2 Å². The molecule has 2 aromatic rings. The van der Waals surface area contributed by atoms with Gasteiger partial charge in [0.15, 0.2) is 11.6 Å². The Labute approximate surface area is 175 Å². The summed E-state index contributed by atoms with van der Waals surface area (Å²) in [6, 6.07) is 11.6. The number of rotatable bonds is 8. The Kier molecular flexibility index (Phi) is 7.86. The molecule has 1 fully saturated rings. The van der Waals surface area contributed by atoms with Gasteiger partial charge in [-0.25, -0.2) is 8.78 Å². The van der Waals surface area contributed by atoms with Crippen LogP contribution in [-0.2, 0) is 6.42 Å². The molecule has 1 atom stereocenters. The molecule has 1 aliphatic carbocycles. The predicted octanol–water partition coefficient (Wildman–Crippen LogP) is 8.68. The summed E-state index contributed by atoms with van der Waals surface area (Å²) in [7, 11) is 0. The average Bonchev–Trinajstić information content (AvgIpc) is 2.72. The molecule has 1 aliphatic rings. The number of halogens is 2. The van der Waals surface area contributed by atoms with Crippen LogP contribution in [0.5, 0.6) is 0 Å². The lowest BCUT2D eigenvalue weighted by Crippen LogP contribution is -2.13. The molecule has 0 radical (unpaired) electrons. The zero-order valence-electron chi connectivity index (χ0n) is 18.3. The highest BCUT2D eigenvalue weighted by molar-refractivity contribution is 5.65. The molecule has 29 heavy (non-hydrogen) atoms. The maximum atomic E-state index is 14.9. The molecule has 0 amide bonds. The van der Waals surface area contributed by atoms with Crippen molar-refractivity contribution in [3.05, 3.63) is 59.2 Å². The van der Waals surface area contributed by atoms with E-state index in [1.807, 2.05) is 18.2 Å². The van der Waals surface area contributed by atoms with Gasteiger partial charge in [0.2, 0.25) is 0 Å². The minimum atomic E-state index is -0.692. The molecule has 0 heterocycles. The quantitative estimate of drug-likeness (QED) is 0.417. The summed E-state index contributed by atoms with van der Waals surface area (Å²) in [4.78, 5) is 0. The smallest absolute Gasteiger partial charge is 0.166 e. The molecule has 0 spiro atoms. The van der Waals surface area contributed by atoms with Gasteiger partial charge < -0.3 is 0 Å². The Hall–Kier alpha value is -1.70. The zero-order valence-corrected chi connectivity index (χ0v) is 18.3. The first-order valence-electron chi connectivity index (χ1n) is 11.6. The van der Waals surface area contributed by atoms with E-state index in [-0.39, 0.29) is 5.92 Å². The van der Waals surface area contributed by atoms with Crippen LogP contribution in [0.25, 0.3) is 11.1 Å². The summed E-state index contributed by atoms with van der Waals surface area (Å²) in [6.07, 6.45) is 10.1. The third-order valence-corrected chi connectivity index (χ3v) is 6.78. The van der Waals surface area contributed by atoms with E-state index in [1.54, 1.807) is 6.07 Å². The summed E-state index contributed by atoms with van der Waals surface area (Å²) in [5.41, 5.74) is 2.97. The van der Waals surface area contributed by atoms with Gasteiger partial charge >= 0.3 is 0 Å². The van der Waals surface area contributed by atoms with Crippen molar-refractivity contribution in [2.45, 2.75) is 84.5 Å². The van der Waals surface area contributed by atoms with Crippen molar-refractivity contribution in [3.63, 3.8) is 0 Å². The molecule has 0 aromatic heterocycles. The minimum Gasteiger partial charge on any atom is -0.203 e. The van der Waals surface area contributed by atoms with Crippen LogP contribution in [-0.4, -0.2) is 0 Å². The maximum absolute atomic E-state index is 14.9. The maximum Gasteiger partial charge on any atom is 0.166 e. The van der Waals surface area contributed by atoms with Crippen molar-refractivity contribution >= 4 is 0 Å². The molecule has 0 nitrogen and oxygen atoms in total. The van der Waals surface area contributed by atoms with Gasteiger partial charge in [0.1, 0.15) is 0 Å². The Bertz CT molecular complexity index is 770. The second-order valence-corrected chi connectivity index (χ2v) is 9.27. The van der Waals surface area contributed by atoms with Crippen LogP contribution in [0.3, 0.4) is 0 Å². The Morgan fingerprint density at radius 3 is 2.24 bits per heavy atom. The molecule has 0 N–H and O–H groups in total. The standard InChI is InChI=1S/C27H36F2/c1-4-6-19(2)7-5-8-21-11-15-23(16-12-21)25-18-17-24(26(28)27(25)29)22-13-9-20(3)10-14-22/h11-12,15-20,22H,4-10,13-14H2,1-3H3. The first-order chi connectivity index (χ1) is 14.0. The van der Waals surface area contributed by atoms with Crippen LogP contribution in [0.4, 0.5) is 8.78 Å². The van der Waals surface area contributed by atoms with Crippen molar-refractivity contribution in [3.8, 4) is 11.1 Å². The summed E-state index contributed by atoms with van der Waals surface area (Å²) in [6.45, 7) is 6.80. The van der Waals surface area contributed by atoms with Crippen molar-refractivity contribution in [1.29, 1.82) is 0 Å². The summed E-state index contributed by atoms with van der Waals surface area (Å²) < 4.78 is 29.7. The summed E-state index contributed by atoms with van der Waals surface area (Å²) in [5.74, 6) is 0.305. The van der Waals surface area contributed by atoms with Gasteiger partial charge in [-0.3, -0.25) is 0 Å². The van der Waals surface area contributed by atoms with E-state index in [0.717, 1.165) is 43.6 Å². The molecule has 2 heteroatoms. The lowest BCUT2D eigenvalue weighted by Gasteiger charge is -2.27. The van der Waals surface area contributed by atoms with Crippen molar-refractivity contribution in [2.75, 3.05) is 0 Å². The minimum absolute atomic E-state index is 0.159. The monoisotopic (exact) mass is 398 g/mol. The molecule has 3 rings (SSSR count). The molecule has 0 bridgehead atoms. The van der Waals surface area contributed by atoms with E-state index in [4.69, 9.17) is 0 Å². The lowest BCUT2D eigenvalue weighted by atomic mass is 9.79. The molecular weight excluding hydrogens is 362 g/mol. The van der Waals surface area contributed by atoms with Gasteiger partial charge in [0.05, 0.1) is 0 Å². The number of hydrogen-bond donors (Lipinski definition) is 0. The largest absolute Gasteiger partial charge is 0.203 e. The van der Waals surface area contributed by atoms with E-state index < -0.39 is 11.6 Å². The molecular formula is C27H36F2. The SMILES string of the molecule is CCCC(C)CCCc1ccc(-c2ccc(C3CCC(C)CC3)c(F)c2F)cc1. The third kappa shape index (κ3) is 5.68. The number of benzene rings is 2. The van der Waals surface area contributed by atoms with Crippen LogP contribution >= 0.6 is 0 Å². The second kappa shape index (κ2) is 10.4. The summed E-state index contributed by atoms with van der Waals surface area (Å²) >= 11 is 0. The van der Waals surface area contributed by atoms with Crippen molar-refractivity contribution in [1.82, 2.24) is 0 Å². The number of hydrogen-bond acceptors (Lipinski definition) is 0. The van der Waals surface area contributed by atoms with Crippen LogP contribution in [0.15, 0.2) is 36.4 Å². The zero-order chi connectivity index (χ0) is 20.8. The first-order valence-corrected chi connectivity index (χ1v) is 11.6. The Morgan fingerprint density at radius 2 is 1.59 bits per heavy atom. The van der Waals surface area contributed by atoms with Crippen LogP contribution < -0.4 is 0 Å². The fourth-order valence-corrected chi connectivity index (χ4v) is 4.82. The highest BCUT2D eigenvalue weighted by atomic mass is 19.2. The van der Waals surface area contributed by atoms with E-state index >= 15 is 0 Å². The number of aryl methyl sites for hydroxylation is 1. The normalized spacial score (nSPS) is 20.6. The van der Waals surface area contributed by atoms with E-state index in [9.17, 15) is 8.78 Å². The van der Waals surface area contributed by atoms with Crippen LogP contribution in [0, 0.1) is 23.5 Å². The molecule has 2 aromatic carbocycles. The van der Waals surface area contributed by atoms with Gasteiger partial charge in [-0.1, -0.05) is 89.3 Å². The molecule has 0 aliphatic heterocycles. The van der Waals surface area contributed by atoms with Gasteiger partial charge in [0.25, 0.3) is 0 Å². The second-order valence-electron chi connectivity index (χ2n) is 9.27. The van der Waals surface area contributed by atoms with E-state index in [0.29, 0.717) is 17.0 Å². The van der Waals surface area contributed by atoms with E-state index in [2.05, 4.69) is 32.9 Å². The van der Waals surface area contributed by atoms with Crippen molar-refractivity contribution < 1.29 is 8.78 Å². The van der Waals surface area contributed by atoms with Crippen LogP contribution in [0.2, 0.25) is 0 Å². The highest BCUT2D eigenvalue weighted by Crippen LogP contribution is 2.38. The van der Waals surface area contributed by atoms with Gasteiger partial charge in [0, 0.05) is 5.56 Å². The van der Waals surface area contributed by atoms with E-state index in [1.165, 1.54) is 31.2 Å². The fraction of sp³-hybridized carbons (Fsp3) is 0.556. The molecule has 158 valence electrons. The first kappa shape index (κ1) is 22.0. The van der Waals surface area contributed by atoms with Crippen molar-refractivity contribution in [2.24, 2.45) is 11.8 Å². The summed E-state index contributed by atoms with van der Waals surface area (Å²) in [5, 5.41) is 0. The van der Waals surface area contributed by atoms with Gasteiger partial charge in [-0.05, 0) is 60.1 Å². The molecule has 0 saturated heterocycles. The predicted molar refractivity (Wildman–Crippen MR) is 119 cm³/mol. The fourth-order valence-electron chi connectivity index (χ4n) is 4.82. The molecule has 1 unspecified atom stereocenters. The molecule has 1 saturated carbocycles. The third-order valence-electron chi connectivity index (χ3n) is 6.78. The highest BCUT2D eigenvalue weighted by Gasteiger charge is 2.25. The Morgan fingerprint density at radius 1 is 0.897 bits per heavy atom. The topological polar surface area (TPSA) is 0 Å². The Balaban J connectivity index is 1.66. The van der Waals surface area contributed by atoms with Gasteiger partial charge in [-0.15, -0.1) is 0 Å². The van der Waals surface area contributed by atoms with Gasteiger partial charge in [-0.2, -0.15) is 0 Å².